The first-order chi connectivity index (χ1) is 11.2. The Labute approximate surface area is 142 Å². The number of hydrogen-bond donors (Lipinski definition) is 0. The maximum Gasteiger partial charge on any atom is 0.417 e. The lowest BCUT2D eigenvalue weighted by Crippen LogP contribution is -2.63. The number of ether oxygens (including phenoxy) is 3. The molecule has 0 saturated carbocycles. The minimum absolute atomic E-state index is 0.412. The number of hydrogen-bond acceptors (Lipinski definition) is 5. The van der Waals surface area contributed by atoms with Crippen LogP contribution in [-0.2, 0) is 19.0 Å². The van der Waals surface area contributed by atoms with E-state index in [9.17, 15) is 9.59 Å². The fourth-order valence-electron chi connectivity index (χ4n) is 2.56. The number of imide groups is 1. The first-order valence-electron chi connectivity index (χ1n) is 8.12. The molecular formula is C18H25NO5. The number of likely N-dealkylation sites (tertiary alicyclic amines) is 1. The van der Waals surface area contributed by atoms with Gasteiger partial charge in [-0.15, -0.1) is 0 Å². The average molecular weight is 335 g/mol. The molecule has 0 radical (unpaired) electrons. The standard InChI is InChI=1S/C18H25NO5/c1-6-22-12(2)23-15-14(13-10-8-7-9-11-13)19(16(15)20)17(21)24-18(3,4)5/h7-12,14-15H,6H2,1-5H3/t12?,14-,15+/m0/s1. The van der Waals surface area contributed by atoms with Gasteiger partial charge in [-0.3, -0.25) is 4.79 Å². The van der Waals surface area contributed by atoms with Gasteiger partial charge in [-0.05, 0) is 40.2 Å². The first-order valence-corrected chi connectivity index (χ1v) is 8.12. The molecular weight excluding hydrogens is 310 g/mol. The predicted octanol–water partition coefficient (Wildman–Crippen LogP) is 3.27. The van der Waals surface area contributed by atoms with E-state index in [0.717, 1.165) is 10.5 Å². The zero-order valence-electron chi connectivity index (χ0n) is 14.8. The molecule has 6 nitrogen and oxygen atoms in total. The number of rotatable bonds is 5. The third-order valence-corrected chi connectivity index (χ3v) is 3.52. The SMILES string of the molecule is CCOC(C)O[C@H]1C(=O)N(C(=O)OC(C)(C)C)[C@H]1c1ccccc1. The Morgan fingerprint density at radius 3 is 2.42 bits per heavy atom. The summed E-state index contributed by atoms with van der Waals surface area (Å²) in [4.78, 5) is 26.0. The molecule has 24 heavy (non-hydrogen) atoms. The molecule has 1 fully saturated rings. The van der Waals surface area contributed by atoms with Crippen molar-refractivity contribution in [3.63, 3.8) is 0 Å². The highest BCUT2D eigenvalue weighted by Gasteiger charge is 2.54. The normalized spacial score (nSPS) is 22.0. The molecule has 1 saturated heterocycles. The summed E-state index contributed by atoms with van der Waals surface area (Å²) in [5.41, 5.74) is 0.139. The molecule has 0 bridgehead atoms. The van der Waals surface area contributed by atoms with E-state index in [1.807, 2.05) is 37.3 Å². The smallest absolute Gasteiger partial charge is 0.417 e. The van der Waals surface area contributed by atoms with Gasteiger partial charge >= 0.3 is 6.09 Å². The van der Waals surface area contributed by atoms with Gasteiger partial charge in [-0.25, -0.2) is 9.69 Å². The van der Waals surface area contributed by atoms with Crippen LogP contribution in [0.3, 0.4) is 0 Å². The molecule has 132 valence electrons. The van der Waals surface area contributed by atoms with Crippen LogP contribution in [0.4, 0.5) is 4.79 Å². The number of amides is 2. The molecule has 1 aliphatic rings. The molecule has 0 N–H and O–H groups in total. The van der Waals surface area contributed by atoms with Crippen LogP contribution < -0.4 is 0 Å². The Balaban J connectivity index is 2.21. The third kappa shape index (κ3) is 4.13. The Bertz CT molecular complexity index is 581. The van der Waals surface area contributed by atoms with Crippen molar-refractivity contribution in [2.45, 2.75) is 58.7 Å². The molecule has 2 rings (SSSR count). The largest absolute Gasteiger partial charge is 0.443 e. The monoisotopic (exact) mass is 335 g/mol. The number of carbonyl (C=O) groups is 2. The molecule has 6 heteroatoms. The van der Waals surface area contributed by atoms with Crippen LogP contribution in [0.2, 0.25) is 0 Å². The van der Waals surface area contributed by atoms with E-state index in [1.165, 1.54) is 0 Å². The maximum atomic E-state index is 12.5. The van der Waals surface area contributed by atoms with E-state index in [1.54, 1.807) is 27.7 Å². The highest BCUT2D eigenvalue weighted by molar-refractivity contribution is 6.01. The summed E-state index contributed by atoms with van der Waals surface area (Å²) in [6, 6.07) is 8.78. The first kappa shape index (κ1) is 18.4. The van der Waals surface area contributed by atoms with Crippen LogP contribution in [0.1, 0.15) is 46.2 Å². The van der Waals surface area contributed by atoms with Crippen molar-refractivity contribution in [1.82, 2.24) is 4.90 Å². The fourth-order valence-corrected chi connectivity index (χ4v) is 2.56. The second kappa shape index (κ2) is 7.32. The van der Waals surface area contributed by atoms with Crippen molar-refractivity contribution >= 4 is 12.0 Å². The Morgan fingerprint density at radius 1 is 1.25 bits per heavy atom. The van der Waals surface area contributed by atoms with E-state index in [0.29, 0.717) is 6.61 Å². The highest BCUT2D eigenvalue weighted by Crippen LogP contribution is 2.38. The summed E-state index contributed by atoms with van der Waals surface area (Å²) >= 11 is 0. The average Bonchev–Trinajstić information content (AvgIpc) is 2.49. The molecule has 0 aliphatic carbocycles. The van der Waals surface area contributed by atoms with Gasteiger partial charge < -0.3 is 14.2 Å². The van der Waals surface area contributed by atoms with E-state index in [-0.39, 0.29) is 0 Å². The van der Waals surface area contributed by atoms with Gasteiger partial charge in [0.05, 0.1) is 0 Å². The quantitative estimate of drug-likeness (QED) is 0.610. The van der Waals surface area contributed by atoms with Crippen molar-refractivity contribution in [1.29, 1.82) is 0 Å². The van der Waals surface area contributed by atoms with E-state index >= 15 is 0 Å². The second-order valence-electron chi connectivity index (χ2n) is 6.62. The topological polar surface area (TPSA) is 65.1 Å². The molecule has 1 aromatic rings. The van der Waals surface area contributed by atoms with Crippen molar-refractivity contribution in [2.75, 3.05) is 6.61 Å². The summed E-state index contributed by atoms with van der Waals surface area (Å²) in [5.74, 6) is -0.412. The van der Waals surface area contributed by atoms with E-state index < -0.39 is 36.0 Å². The van der Waals surface area contributed by atoms with Crippen LogP contribution in [0.5, 0.6) is 0 Å². The van der Waals surface area contributed by atoms with Crippen molar-refractivity contribution in [3.8, 4) is 0 Å². The van der Waals surface area contributed by atoms with Crippen LogP contribution in [0.15, 0.2) is 30.3 Å². The maximum absolute atomic E-state index is 12.5. The molecule has 1 aromatic carbocycles. The number of nitrogens with zero attached hydrogens (tertiary/aromatic N) is 1. The zero-order chi connectivity index (χ0) is 17.9. The van der Waals surface area contributed by atoms with Gasteiger partial charge in [0.25, 0.3) is 5.91 Å². The van der Waals surface area contributed by atoms with Gasteiger partial charge in [-0.2, -0.15) is 0 Å². The second-order valence-corrected chi connectivity index (χ2v) is 6.62. The lowest BCUT2D eigenvalue weighted by molar-refractivity contribution is -0.211. The van der Waals surface area contributed by atoms with Gasteiger partial charge in [0, 0.05) is 6.61 Å². The minimum Gasteiger partial charge on any atom is -0.443 e. The third-order valence-electron chi connectivity index (χ3n) is 3.52. The van der Waals surface area contributed by atoms with Gasteiger partial charge in [0.15, 0.2) is 12.4 Å². The number of β-lactam (4-membered cyclic amide) rings is 1. The van der Waals surface area contributed by atoms with Crippen molar-refractivity contribution in [3.05, 3.63) is 35.9 Å². The molecule has 1 heterocycles. The summed E-state index contributed by atoms with van der Waals surface area (Å²) in [6.07, 6.45) is -1.96. The van der Waals surface area contributed by atoms with Crippen molar-refractivity contribution < 1.29 is 23.8 Å². The fraction of sp³-hybridized carbons (Fsp3) is 0.556. The van der Waals surface area contributed by atoms with Crippen LogP contribution in [-0.4, -0.2) is 41.5 Å². The summed E-state index contributed by atoms with van der Waals surface area (Å²) in [6.45, 7) is 9.35. The molecule has 3 atom stereocenters. The van der Waals surface area contributed by atoms with Gasteiger partial charge in [-0.1, -0.05) is 30.3 Å². The lowest BCUT2D eigenvalue weighted by atomic mass is 9.91. The molecule has 0 aromatic heterocycles. The molecule has 2 amide bonds. The minimum atomic E-state index is -0.763. The van der Waals surface area contributed by atoms with Crippen LogP contribution in [0, 0.1) is 0 Å². The Hall–Kier alpha value is -1.92. The Kier molecular flexibility index (Phi) is 5.62. The number of benzene rings is 1. The molecule has 0 spiro atoms. The van der Waals surface area contributed by atoms with Crippen molar-refractivity contribution in [2.24, 2.45) is 0 Å². The van der Waals surface area contributed by atoms with Gasteiger partial charge in [0.2, 0.25) is 0 Å². The van der Waals surface area contributed by atoms with E-state index in [4.69, 9.17) is 14.2 Å². The summed E-state index contributed by atoms with van der Waals surface area (Å²) in [7, 11) is 0. The lowest BCUT2D eigenvalue weighted by Gasteiger charge is -2.45. The Morgan fingerprint density at radius 2 is 1.88 bits per heavy atom. The highest BCUT2D eigenvalue weighted by atomic mass is 16.7. The summed E-state index contributed by atoms with van der Waals surface area (Å²) < 4.78 is 16.4. The van der Waals surface area contributed by atoms with Gasteiger partial charge in [0.1, 0.15) is 11.6 Å². The number of carbonyl (C=O) groups excluding carboxylic acids is 2. The molecule has 1 aliphatic heterocycles. The zero-order valence-corrected chi connectivity index (χ0v) is 14.8. The van der Waals surface area contributed by atoms with Crippen LogP contribution >= 0.6 is 0 Å². The predicted molar refractivity (Wildman–Crippen MR) is 88.2 cm³/mol. The summed E-state index contributed by atoms with van der Waals surface area (Å²) in [5, 5.41) is 0. The molecule has 1 unspecified atom stereocenters. The van der Waals surface area contributed by atoms with E-state index in [2.05, 4.69) is 0 Å². The van der Waals surface area contributed by atoms with Crippen LogP contribution in [0.25, 0.3) is 0 Å².